The van der Waals surface area contributed by atoms with Crippen molar-refractivity contribution in [3.8, 4) is 11.5 Å². The number of nitrogens with one attached hydrogen (secondary N) is 1. The predicted octanol–water partition coefficient (Wildman–Crippen LogP) is 4.09. The number of sulfonamides is 1. The topological polar surface area (TPSA) is 84.9 Å². The summed E-state index contributed by atoms with van der Waals surface area (Å²) in [6.07, 6.45) is 0.777. The van der Waals surface area contributed by atoms with E-state index < -0.39 is 16.1 Å². The van der Waals surface area contributed by atoms with E-state index >= 15 is 0 Å². The molecule has 0 unspecified atom stereocenters. The summed E-state index contributed by atoms with van der Waals surface area (Å²) in [6.45, 7) is 4.39. The van der Waals surface area contributed by atoms with Gasteiger partial charge in [-0.3, -0.25) is 9.10 Å². The molecule has 3 aromatic carbocycles. The Morgan fingerprint density at radius 2 is 1.77 bits per heavy atom. The number of rotatable bonds is 8. The zero-order valence-electron chi connectivity index (χ0n) is 20.2. The van der Waals surface area contributed by atoms with Gasteiger partial charge >= 0.3 is 0 Å². The molecule has 8 heteroatoms. The second-order valence-electron chi connectivity index (χ2n) is 8.31. The molecule has 4 rings (SSSR count). The number of hydrogen-bond acceptors (Lipinski definition) is 5. The Kier molecular flexibility index (Phi) is 7.31. The van der Waals surface area contributed by atoms with Crippen molar-refractivity contribution in [2.45, 2.75) is 44.2 Å². The molecular formula is C27H30N2O5S. The summed E-state index contributed by atoms with van der Waals surface area (Å²) in [5, 5.41) is 2.95. The third kappa shape index (κ3) is 5.12. The van der Waals surface area contributed by atoms with Crippen molar-refractivity contribution in [1.82, 2.24) is 5.32 Å². The molecule has 0 aliphatic carbocycles. The highest BCUT2D eigenvalue weighted by Crippen LogP contribution is 2.37. The predicted molar refractivity (Wildman–Crippen MR) is 135 cm³/mol. The maximum atomic E-state index is 13.5. The van der Waals surface area contributed by atoms with Gasteiger partial charge in [0.1, 0.15) is 11.5 Å². The van der Waals surface area contributed by atoms with Crippen LogP contribution in [0.2, 0.25) is 0 Å². The van der Waals surface area contributed by atoms with Gasteiger partial charge in [0, 0.05) is 6.54 Å². The molecular weight excluding hydrogens is 464 g/mol. The van der Waals surface area contributed by atoms with Gasteiger partial charge in [-0.25, -0.2) is 8.42 Å². The number of para-hydroxylation sites is 2. The molecule has 3 aromatic rings. The van der Waals surface area contributed by atoms with Gasteiger partial charge < -0.3 is 14.8 Å². The lowest BCUT2D eigenvalue weighted by Crippen LogP contribution is -2.50. The second-order valence-corrected chi connectivity index (χ2v) is 10.2. The van der Waals surface area contributed by atoms with Crippen LogP contribution >= 0.6 is 0 Å². The Balaban J connectivity index is 1.58. The number of carbonyl (C=O) groups excluding carboxylic acids is 1. The molecule has 0 spiro atoms. The van der Waals surface area contributed by atoms with Crippen molar-refractivity contribution in [2.24, 2.45) is 0 Å². The average molecular weight is 495 g/mol. The first kappa shape index (κ1) is 24.6. The highest BCUT2D eigenvalue weighted by atomic mass is 32.2. The number of carbonyl (C=O) groups is 1. The summed E-state index contributed by atoms with van der Waals surface area (Å²) in [5.74, 6) is 0.541. The van der Waals surface area contributed by atoms with Crippen LogP contribution in [-0.4, -0.2) is 34.1 Å². The van der Waals surface area contributed by atoms with Crippen LogP contribution in [0.5, 0.6) is 11.5 Å². The largest absolute Gasteiger partial charge is 0.497 e. The van der Waals surface area contributed by atoms with E-state index in [4.69, 9.17) is 9.47 Å². The first-order valence-electron chi connectivity index (χ1n) is 11.7. The molecule has 7 nitrogen and oxygen atoms in total. The van der Waals surface area contributed by atoms with Gasteiger partial charge in [-0.2, -0.15) is 0 Å². The van der Waals surface area contributed by atoms with E-state index in [1.54, 1.807) is 36.4 Å². The molecule has 1 heterocycles. The van der Waals surface area contributed by atoms with Crippen molar-refractivity contribution < 1.29 is 22.7 Å². The number of hydrogen-bond donors (Lipinski definition) is 1. The van der Waals surface area contributed by atoms with Crippen LogP contribution in [0.1, 0.15) is 30.5 Å². The first-order valence-corrected chi connectivity index (χ1v) is 13.1. The number of methoxy groups -OCH3 is 1. The van der Waals surface area contributed by atoms with Gasteiger partial charge in [0.25, 0.3) is 15.9 Å². The number of fused-ring (bicyclic) bond motifs is 1. The molecule has 0 radical (unpaired) electrons. The Hall–Kier alpha value is -3.52. The fourth-order valence-corrected chi connectivity index (χ4v) is 5.62. The van der Waals surface area contributed by atoms with Crippen molar-refractivity contribution >= 4 is 21.6 Å². The first-order chi connectivity index (χ1) is 16.9. The van der Waals surface area contributed by atoms with Crippen LogP contribution in [0.25, 0.3) is 0 Å². The van der Waals surface area contributed by atoms with Crippen LogP contribution in [0, 0.1) is 0 Å². The molecule has 0 fully saturated rings. The molecule has 0 saturated carbocycles. The van der Waals surface area contributed by atoms with E-state index in [9.17, 15) is 13.2 Å². The Morgan fingerprint density at radius 3 is 2.46 bits per heavy atom. The van der Waals surface area contributed by atoms with Crippen LogP contribution in [0.4, 0.5) is 5.69 Å². The van der Waals surface area contributed by atoms with Gasteiger partial charge in [-0.05, 0) is 65.9 Å². The third-order valence-corrected chi connectivity index (χ3v) is 7.98. The second kappa shape index (κ2) is 10.4. The SMILES string of the molecule is CCc1ccc(CC)c(CNC(=O)[C@H]2CN(S(=O)(=O)c3ccc(OC)cc3)c3ccccc3O2)c1. The van der Waals surface area contributed by atoms with Crippen molar-refractivity contribution in [3.05, 3.63) is 83.4 Å². The van der Waals surface area contributed by atoms with Crippen LogP contribution in [0.3, 0.4) is 0 Å². The van der Waals surface area contributed by atoms with E-state index in [2.05, 4.69) is 37.4 Å². The van der Waals surface area contributed by atoms with Crippen molar-refractivity contribution in [3.63, 3.8) is 0 Å². The minimum Gasteiger partial charge on any atom is -0.497 e. The Bertz CT molecular complexity index is 1310. The molecule has 1 aliphatic heterocycles. The van der Waals surface area contributed by atoms with Gasteiger partial charge in [-0.1, -0.05) is 44.2 Å². The zero-order valence-corrected chi connectivity index (χ0v) is 21.0. The van der Waals surface area contributed by atoms with Gasteiger partial charge in [0.2, 0.25) is 0 Å². The number of anilines is 1. The summed E-state index contributed by atoms with van der Waals surface area (Å²) in [6, 6.07) is 19.3. The third-order valence-electron chi connectivity index (χ3n) is 6.19. The van der Waals surface area contributed by atoms with E-state index in [1.165, 1.54) is 34.7 Å². The lowest BCUT2D eigenvalue weighted by molar-refractivity contribution is -0.127. The summed E-state index contributed by atoms with van der Waals surface area (Å²) < 4.78 is 39.4. The number of nitrogens with zero attached hydrogens (tertiary/aromatic N) is 1. The van der Waals surface area contributed by atoms with Crippen molar-refractivity contribution in [1.29, 1.82) is 0 Å². The molecule has 0 saturated heterocycles. The number of ether oxygens (including phenoxy) is 2. The lowest BCUT2D eigenvalue weighted by atomic mass is 10.0. The number of amides is 1. The lowest BCUT2D eigenvalue weighted by Gasteiger charge is -2.34. The summed E-state index contributed by atoms with van der Waals surface area (Å²) in [7, 11) is -2.42. The molecule has 1 aliphatic rings. The van der Waals surface area contributed by atoms with Gasteiger partial charge in [-0.15, -0.1) is 0 Å². The van der Waals surface area contributed by atoms with E-state index in [-0.39, 0.29) is 17.3 Å². The smallest absolute Gasteiger partial charge is 0.264 e. The number of benzene rings is 3. The van der Waals surface area contributed by atoms with Crippen LogP contribution in [-0.2, 0) is 34.2 Å². The van der Waals surface area contributed by atoms with E-state index in [1.807, 2.05) is 0 Å². The Morgan fingerprint density at radius 1 is 1.03 bits per heavy atom. The van der Waals surface area contributed by atoms with E-state index in [0.29, 0.717) is 23.7 Å². The fourth-order valence-electron chi connectivity index (χ4n) is 4.15. The molecule has 0 bridgehead atoms. The highest BCUT2D eigenvalue weighted by Gasteiger charge is 2.37. The molecule has 35 heavy (non-hydrogen) atoms. The molecule has 1 N–H and O–H groups in total. The summed E-state index contributed by atoms with van der Waals surface area (Å²) in [4.78, 5) is 13.3. The number of aryl methyl sites for hydroxylation is 2. The maximum Gasteiger partial charge on any atom is 0.264 e. The minimum atomic E-state index is -3.94. The zero-order chi connectivity index (χ0) is 25.0. The highest BCUT2D eigenvalue weighted by molar-refractivity contribution is 7.92. The molecule has 1 amide bonds. The summed E-state index contributed by atoms with van der Waals surface area (Å²) in [5.41, 5.74) is 3.82. The average Bonchev–Trinajstić information content (AvgIpc) is 2.90. The Labute approximate surface area is 206 Å². The van der Waals surface area contributed by atoms with Gasteiger partial charge in [0.05, 0.1) is 24.2 Å². The minimum absolute atomic E-state index is 0.109. The molecule has 0 aromatic heterocycles. The standard InChI is InChI=1S/C27H30N2O5S/c1-4-19-10-11-20(5-2)21(16-19)17-28-27(30)26-18-29(24-8-6-7-9-25(24)34-26)35(31,32)23-14-12-22(33-3)13-15-23/h6-16,26H,4-5,17-18H2,1-3H3,(H,28,30)/t26-/m1/s1. The van der Waals surface area contributed by atoms with E-state index in [0.717, 1.165) is 18.4 Å². The quantitative estimate of drug-likeness (QED) is 0.510. The molecule has 184 valence electrons. The summed E-state index contributed by atoms with van der Waals surface area (Å²) >= 11 is 0. The van der Waals surface area contributed by atoms with Crippen LogP contribution in [0.15, 0.2) is 71.6 Å². The van der Waals surface area contributed by atoms with Gasteiger partial charge in [0.15, 0.2) is 6.10 Å². The fraction of sp³-hybridized carbons (Fsp3) is 0.296. The maximum absolute atomic E-state index is 13.5. The van der Waals surface area contributed by atoms with Crippen LogP contribution < -0.4 is 19.1 Å². The normalized spacial score (nSPS) is 15.2. The van der Waals surface area contributed by atoms with Crippen molar-refractivity contribution in [2.75, 3.05) is 18.0 Å². The molecule has 1 atom stereocenters. The monoisotopic (exact) mass is 494 g/mol.